The average Bonchev–Trinajstić information content (AvgIpc) is 3.03. The first-order valence-electron chi connectivity index (χ1n) is 13.9. The summed E-state index contributed by atoms with van der Waals surface area (Å²) in [6.07, 6.45) is 0.188. The molecule has 0 aliphatic carbocycles. The Morgan fingerprint density at radius 3 is 2.11 bits per heavy atom. The van der Waals surface area contributed by atoms with E-state index in [0.29, 0.717) is 22.9 Å². The number of hydrogen-bond donors (Lipinski definition) is 1. The van der Waals surface area contributed by atoms with Gasteiger partial charge >= 0.3 is 0 Å². The molecule has 11 heteroatoms. The zero-order valence-corrected chi connectivity index (χ0v) is 25.9. The predicted octanol–water partition coefficient (Wildman–Crippen LogP) is 5.46. The molecule has 1 unspecified atom stereocenters. The molecular weight excluding hydrogens is 605 g/mol. The monoisotopic (exact) mass is 637 g/mol. The van der Waals surface area contributed by atoms with Gasteiger partial charge in [0.1, 0.15) is 24.2 Å². The Balaban J connectivity index is 1.78. The summed E-state index contributed by atoms with van der Waals surface area (Å²) >= 11 is 6.09. The summed E-state index contributed by atoms with van der Waals surface area (Å²) in [7, 11) is -2.86. The largest absolute Gasteiger partial charge is 0.497 e. The lowest BCUT2D eigenvalue weighted by Gasteiger charge is -2.33. The third kappa shape index (κ3) is 8.15. The summed E-state index contributed by atoms with van der Waals surface area (Å²) in [6.45, 7) is 1.46. The second-order valence-electron chi connectivity index (χ2n) is 9.91. The highest BCUT2D eigenvalue weighted by Gasteiger charge is 2.34. The molecular formula is C33H33ClFN3O5S. The molecule has 0 spiro atoms. The molecule has 0 aliphatic heterocycles. The quantitative estimate of drug-likeness (QED) is 0.210. The molecule has 0 aromatic heterocycles. The number of carbonyl (C=O) groups excluding carboxylic acids is 2. The van der Waals surface area contributed by atoms with Gasteiger partial charge in [-0.15, -0.1) is 0 Å². The van der Waals surface area contributed by atoms with E-state index in [1.807, 2.05) is 30.3 Å². The summed E-state index contributed by atoms with van der Waals surface area (Å²) in [5, 5.41) is 3.32. The Bertz CT molecular complexity index is 1650. The number of hydrogen-bond acceptors (Lipinski definition) is 5. The summed E-state index contributed by atoms with van der Waals surface area (Å²) in [6, 6.07) is 25.7. The fourth-order valence-corrected chi connectivity index (χ4v) is 6.18. The van der Waals surface area contributed by atoms with Gasteiger partial charge in [-0.3, -0.25) is 13.9 Å². The molecule has 0 bridgehead atoms. The van der Waals surface area contributed by atoms with E-state index >= 15 is 0 Å². The Hall–Kier alpha value is -4.41. The number of halogens is 2. The lowest BCUT2D eigenvalue weighted by atomic mass is 10.0. The van der Waals surface area contributed by atoms with E-state index in [9.17, 15) is 22.4 Å². The summed E-state index contributed by atoms with van der Waals surface area (Å²) in [5.41, 5.74) is 1.59. The van der Waals surface area contributed by atoms with E-state index in [-0.39, 0.29) is 29.5 Å². The molecule has 2 amide bonds. The summed E-state index contributed by atoms with van der Waals surface area (Å²) in [4.78, 5) is 29.1. The van der Waals surface area contributed by atoms with Crippen molar-refractivity contribution >= 4 is 39.1 Å². The van der Waals surface area contributed by atoms with Crippen molar-refractivity contribution in [1.82, 2.24) is 10.2 Å². The van der Waals surface area contributed by atoms with Gasteiger partial charge in [0.05, 0.1) is 17.7 Å². The first kappa shape index (κ1) is 32.5. The number of rotatable bonds is 13. The maximum absolute atomic E-state index is 14.3. The lowest BCUT2D eigenvalue weighted by molar-refractivity contribution is -0.140. The van der Waals surface area contributed by atoms with Crippen LogP contribution < -0.4 is 14.4 Å². The molecule has 4 rings (SSSR count). The van der Waals surface area contributed by atoms with Crippen molar-refractivity contribution in [2.24, 2.45) is 0 Å². The highest BCUT2D eigenvalue weighted by Crippen LogP contribution is 2.27. The minimum atomic E-state index is -4.32. The third-order valence-electron chi connectivity index (χ3n) is 6.93. The van der Waals surface area contributed by atoms with Gasteiger partial charge < -0.3 is 15.0 Å². The van der Waals surface area contributed by atoms with Gasteiger partial charge in [0.15, 0.2) is 0 Å². The van der Waals surface area contributed by atoms with Crippen LogP contribution in [0.3, 0.4) is 0 Å². The first-order valence-corrected chi connectivity index (χ1v) is 15.7. The van der Waals surface area contributed by atoms with Crippen molar-refractivity contribution in [2.45, 2.75) is 30.8 Å². The normalized spacial score (nSPS) is 11.8. The first-order chi connectivity index (χ1) is 21.1. The topological polar surface area (TPSA) is 96.0 Å². The van der Waals surface area contributed by atoms with Crippen molar-refractivity contribution in [3.8, 4) is 5.75 Å². The van der Waals surface area contributed by atoms with Crippen LogP contribution in [0.1, 0.15) is 18.1 Å². The number of carbonyl (C=O) groups is 2. The number of anilines is 1. The Morgan fingerprint density at radius 1 is 0.886 bits per heavy atom. The van der Waals surface area contributed by atoms with Crippen molar-refractivity contribution in [3.05, 3.63) is 125 Å². The number of amides is 2. The minimum absolute atomic E-state index is 0.00444. The number of likely N-dealkylation sites (N-methyl/N-ethyl adjacent to an activating group) is 1. The van der Waals surface area contributed by atoms with Crippen LogP contribution in [-0.4, -0.2) is 51.4 Å². The summed E-state index contributed by atoms with van der Waals surface area (Å²) in [5.74, 6) is -1.13. The number of nitrogens with one attached hydrogen (secondary N) is 1. The van der Waals surface area contributed by atoms with Crippen molar-refractivity contribution < 1.29 is 27.1 Å². The summed E-state index contributed by atoms with van der Waals surface area (Å²) < 4.78 is 47.9. The van der Waals surface area contributed by atoms with E-state index < -0.39 is 34.3 Å². The fraction of sp³-hybridized carbons (Fsp3) is 0.212. The van der Waals surface area contributed by atoms with E-state index in [1.54, 1.807) is 31.2 Å². The van der Waals surface area contributed by atoms with Crippen LogP contribution in [0.15, 0.2) is 108 Å². The van der Waals surface area contributed by atoms with E-state index in [0.717, 1.165) is 22.0 Å². The predicted molar refractivity (Wildman–Crippen MR) is 169 cm³/mol. The molecule has 0 aliphatic rings. The lowest BCUT2D eigenvalue weighted by Crippen LogP contribution is -2.53. The highest BCUT2D eigenvalue weighted by atomic mass is 35.5. The van der Waals surface area contributed by atoms with Crippen molar-refractivity contribution in [3.63, 3.8) is 0 Å². The molecule has 0 saturated carbocycles. The molecule has 230 valence electrons. The van der Waals surface area contributed by atoms with E-state index in [1.165, 1.54) is 48.4 Å². The van der Waals surface area contributed by atoms with Crippen LogP contribution >= 0.6 is 11.6 Å². The van der Waals surface area contributed by atoms with Crippen molar-refractivity contribution in [2.75, 3.05) is 24.5 Å². The van der Waals surface area contributed by atoms with E-state index in [4.69, 9.17) is 16.3 Å². The van der Waals surface area contributed by atoms with Gasteiger partial charge in [-0.2, -0.15) is 0 Å². The van der Waals surface area contributed by atoms with Crippen LogP contribution in [0.2, 0.25) is 5.02 Å². The third-order valence-corrected chi connectivity index (χ3v) is 8.97. The number of methoxy groups -OCH3 is 1. The Labute approximate surface area is 262 Å². The van der Waals surface area contributed by atoms with Gasteiger partial charge in [0, 0.05) is 24.5 Å². The molecule has 4 aromatic carbocycles. The molecule has 0 saturated heterocycles. The standard InChI is InChI=1S/C33H33ClFN3O5S/c1-3-36-33(40)31(21-24-7-5-4-6-8-24)37(22-25-9-11-26(34)12-10-25)32(39)23-38(28-15-13-27(35)14-16-28)44(41,42)30-19-17-29(43-2)18-20-30/h4-20,31H,3,21-23H2,1-2H3,(H,36,40). The van der Waals surface area contributed by atoms with Crippen LogP contribution in [0.25, 0.3) is 0 Å². The van der Waals surface area contributed by atoms with Gasteiger partial charge in [0.25, 0.3) is 10.0 Å². The maximum Gasteiger partial charge on any atom is 0.264 e. The Kier molecular flexibility index (Phi) is 11.0. The molecule has 1 N–H and O–H groups in total. The zero-order chi connectivity index (χ0) is 31.7. The second kappa shape index (κ2) is 14.9. The smallest absolute Gasteiger partial charge is 0.264 e. The van der Waals surface area contributed by atoms with Gasteiger partial charge in [-0.25, -0.2) is 12.8 Å². The molecule has 8 nitrogen and oxygen atoms in total. The van der Waals surface area contributed by atoms with Gasteiger partial charge in [-0.1, -0.05) is 54.1 Å². The molecule has 0 heterocycles. The number of sulfonamides is 1. The number of benzene rings is 4. The Morgan fingerprint density at radius 2 is 1.52 bits per heavy atom. The molecule has 4 aromatic rings. The molecule has 44 heavy (non-hydrogen) atoms. The molecule has 0 fully saturated rings. The highest BCUT2D eigenvalue weighted by molar-refractivity contribution is 7.92. The van der Waals surface area contributed by atoms with Crippen LogP contribution in [0.5, 0.6) is 5.75 Å². The minimum Gasteiger partial charge on any atom is -0.497 e. The fourth-order valence-electron chi connectivity index (χ4n) is 4.64. The number of ether oxygens (including phenoxy) is 1. The maximum atomic E-state index is 14.3. The van der Waals surface area contributed by atoms with Crippen LogP contribution in [0, 0.1) is 5.82 Å². The van der Waals surface area contributed by atoms with Crippen LogP contribution in [-0.2, 0) is 32.6 Å². The van der Waals surface area contributed by atoms with Crippen molar-refractivity contribution in [1.29, 1.82) is 0 Å². The zero-order valence-electron chi connectivity index (χ0n) is 24.3. The van der Waals surface area contributed by atoms with Gasteiger partial charge in [-0.05, 0) is 78.7 Å². The van der Waals surface area contributed by atoms with Gasteiger partial charge in [0.2, 0.25) is 11.8 Å². The molecule has 1 atom stereocenters. The average molecular weight is 638 g/mol. The second-order valence-corrected chi connectivity index (χ2v) is 12.2. The number of nitrogens with zero attached hydrogens (tertiary/aromatic N) is 2. The molecule has 0 radical (unpaired) electrons. The SMILES string of the molecule is CCNC(=O)C(Cc1ccccc1)N(Cc1ccc(Cl)cc1)C(=O)CN(c1ccc(F)cc1)S(=O)(=O)c1ccc(OC)cc1. The van der Waals surface area contributed by atoms with Crippen LogP contribution in [0.4, 0.5) is 10.1 Å². The van der Waals surface area contributed by atoms with E-state index in [2.05, 4.69) is 5.32 Å².